The lowest BCUT2D eigenvalue weighted by molar-refractivity contribution is -0.116. The summed E-state index contributed by atoms with van der Waals surface area (Å²) in [4.78, 5) is 23.4. The zero-order chi connectivity index (χ0) is 15.9. The fourth-order valence-corrected chi connectivity index (χ4v) is 2.56. The van der Waals surface area contributed by atoms with Gasteiger partial charge in [0.2, 0.25) is 11.8 Å². The van der Waals surface area contributed by atoms with E-state index in [4.69, 9.17) is 4.74 Å². The summed E-state index contributed by atoms with van der Waals surface area (Å²) in [6, 6.07) is 5.17. The molecule has 3 N–H and O–H groups in total. The lowest BCUT2D eigenvalue weighted by atomic mass is 10.0. The van der Waals surface area contributed by atoms with Gasteiger partial charge in [0, 0.05) is 19.4 Å². The van der Waals surface area contributed by atoms with Crippen LogP contribution in [0.5, 0.6) is 5.75 Å². The van der Waals surface area contributed by atoms with Crippen LogP contribution in [0.15, 0.2) is 18.2 Å². The van der Waals surface area contributed by atoms with Crippen molar-refractivity contribution in [3.63, 3.8) is 0 Å². The Morgan fingerprint density at radius 2 is 2.09 bits per heavy atom. The summed E-state index contributed by atoms with van der Waals surface area (Å²) < 4.78 is 5.17. The third kappa shape index (κ3) is 6.08. The van der Waals surface area contributed by atoms with Gasteiger partial charge in [-0.15, -0.1) is 12.4 Å². The van der Waals surface area contributed by atoms with Crippen LogP contribution in [0.25, 0.3) is 0 Å². The molecule has 6 nitrogen and oxygen atoms in total. The molecule has 2 rings (SSSR count). The molecule has 1 aliphatic rings. The van der Waals surface area contributed by atoms with Crippen molar-refractivity contribution in [1.29, 1.82) is 0 Å². The Morgan fingerprint density at radius 3 is 2.70 bits per heavy atom. The fraction of sp³-hybridized carbons (Fsp3) is 0.500. The first kappa shape index (κ1) is 19.3. The molecule has 0 aliphatic carbocycles. The molecule has 0 radical (unpaired) electrons. The number of rotatable bonds is 6. The molecule has 0 aromatic heterocycles. The zero-order valence-electron chi connectivity index (χ0n) is 13.5. The van der Waals surface area contributed by atoms with E-state index in [-0.39, 0.29) is 24.2 Å². The molecule has 0 spiro atoms. The van der Waals surface area contributed by atoms with Gasteiger partial charge < -0.3 is 20.7 Å². The van der Waals surface area contributed by atoms with Gasteiger partial charge in [-0.3, -0.25) is 9.59 Å². The van der Waals surface area contributed by atoms with Crippen molar-refractivity contribution in [1.82, 2.24) is 5.32 Å². The summed E-state index contributed by atoms with van der Waals surface area (Å²) in [5.41, 5.74) is 1.13. The van der Waals surface area contributed by atoms with Crippen LogP contribution in [0.2, 0.25) is 0 Å². The zero-order valence-corrected chi connectivity index (χ0v) is 14.3. The second-order valence-corrected chi connectivity index (χ2v) is 5.54. The van der Waals surface area contributed by atoms with Crippen molar-refractivity contribution in [2.75, 3.05) is 30.8 Å². The van der Waals surface area contributed by atoms with Gasteiger partial charge in [0.05, 0.1) is 18.5 Å². The smallest absolute Gasteiger partial charge is 0.224 e. The van der Waals surface area contributed by atoms with Crippen LogP contribution < -0.4 is 20.7 Å². The van der Waals surface area contributed by atoms with Gasteiger partial charge >= 0.3 is 0 Å². The number of hydrogen-bond acceptors (Lipinski definition) is 4. The van der Waals surface area contributed by atoms with Crippen molar-refractivity contribution in [3.05, 3.63) is 18.2 Å². The van der Waals surface area contributed by atoms with Crippen LogP contribution in [-0.4, -0.2) is 32.0 Å². The number of benzene rings is 1. The Bertz CT molecular complexity index is 545. The van der Waals surface area contributed by atoms with Crippen molar-refractivity contribution in [2.24, 2.45) is 5.92 Å². The number of nitrogens with one attached hydrogen (secondary N) is 3. The van der Waals surface area contributed by atoms with Gasteiger partial charge in [-0.05, 0) is 44.0 Å². The Balaban J connectivity index is 0.00000264. The summed E-state index contributed by atoms with van der Waals surface area (Å²) in [5.74, 6) is 0.972. The number of anilines is 2. The highest BCUT2D eigenvalue weighted by Crippen LogP contribution is 2.27. The second-order valence-electron chi connectivity index (χ2n) is 5.54. The minimum Gasteiger partial charge on any atom is -0.497 e. The third-order valence-corrected chi connectivity index (χ3v) is 3.75. The average Bonchev–Trinajstić information content (AvgIpc) is 3.00. The molecule has 1 aliphatic heterocycles. The maximum absolute atomic E-state index is 12.1. The van der Waals surface area contributed by atoms with Gasteiger partial charge in [0.1, 0.15) is 5.75 Å². The summed E-state index contributed by atoms with van der Waals surface area (Å²) in [6.45, 7) is 3.46. The molecule has 7 heteroatoms. The van der Waals surface area contributed by atoms with Crippen LogP contribution in [0.4, 0.5) is 11.4 Å². The SMILES string of the molecule is COc1ccc(NC(C)=O)c(NC(=O)CCC2CCNC2)c1.Cl. The predicted molar refractivity (Wildman–Crippen MR) is 93.4 cm³/mol. The molecule has 128 valence electrons. The largest absolute Gasteiger partial charge is 0.497 e. The van der Waals surface area contributed by atoms with E-state index in [9.17, 15) is 9.59 Å². The summed E-state index contributed by atoms with van der Waals surface area (Å²) in [6.07, 6.45) is 2.48. The standard InChI is InChI=1S/C16H23N3O3.ClH/c1-11(20)18-14-5-4-13(22-2)9-15(14)19-16(21)6-3-12-7-8-17-10-12;/h4-5,9,12,17H,3,6-8,10H2,1-2H3,(H,18,20)(H,19,21);1H. The predicted octanol–water partition coefficient (Wildman–Crippen LogP) is 2.40. The third-order valence-electron chi connectivity index (χ3n) is 3.75. The molecule has 1 unspecified atom stereocenters. The average molecular weight is 342 g/mol. The van der Waals surface area contributed by atoms with Crippen molar-refractivity contribution < 1.29 is 14.3 Å². The summed E-state index contributed by atoms with van der Waals surface area (Å²) in [5, 5.41) is 8.86. The first-order valence-electron chi connectivity index (χ1n) is 7.54. The summed E-state index contributed by atoms with van der Waals surface area (Å²) >= 11 is 0. The molecule has 1 aromatic carbocycles. The molecule has 0 saturated carbocycles. The number of methoxy groups -OCH3 is 1. The molecule has 1 fully saturated rings. The highest BCUT2D eigenvalue weighted by atomic mass is 35.5. The van der Waals surface area contributed by atoms with E-state index >= 15 is 0 Å². The van der Waals surface area contributed by atoms with E-state index in [1.807, 2.05) is 0 Å². The Hall–Kier alpha value is -1.79. The maximum atomic E-state index is 12.1. The van der Waals surface area contributed by atoms with Crippen molar-refractivity contribution >= 4 is 35.6 Å². The number of ether oxygens (including phenoxy) is 1. The van der Waals surface area contributed by atoms with E-state index in [0.29, 0.717) is 29.5 Å². The first-order valence-corrected chi connectivity index (χ1v) is 7.54. The minimum absolute atomic E-state index is 0. The molecule has 0 bridgehead atoms. The van der Waals surface area contributed by atoms with Crippen LogP contribution in [0, 0.1) is 5.92 Å². The lowest BCUT2D eigenvalue weighted by Gasteiger charge is -2.14. The van der Waals surface area contributed by atoms with Crippen LogP contribution >= 0.6 is 12.4 Å². The number of hydrogen-bond donors (Lipinski definition) is 3. The van der Waals surface area contributed by atoms with E-state index < -0.39 is 0 Å². The minimum atomic E-state index is -0.183. The molecule has 1 aromatic rings. The fourth-order valence-electron chi connectivity index (χ4n) is 2.56. The number of amides is 2. The highest BCUT2D eigenvalue weighted by molar-refractivity contribution is 5.99. The normalized spacial score (nSPS) is 16.3. The maximum Gasteiger partial charge on any atom is 0.224 e. The Kier molecular flexibility index (Phi) is 7.85. The van der Waals surface area contributed by atoms with Crippen molar-refractivity contribution in [2.45, 2.75) is 26.2 Å². The number of halogens is 1. The monoisotopic (exact) mass is 341 g/mol. The van der Waals surface area contributed by atoms with E-state index in [2.05, 4.69) is 16.0 Å². The molecular formula is C16H24ClN3O3. The Morgan fingerprint density at radius 1 is 1.30 bits per heavy atom. The second kappa shape index (κ2) is 9.37. The Labute approximate surface area is 142 Å². The molecule has 1 heterocycles. The molecule has 23 heavy (non-hydrogen) atoms. The van der Waals surface area contributed by atoms with E-state index in [1.54, 1.807) is 25.3 Å². The van der Waals surface area contributed by atoms with Gasteiger partial charge in [-0.25, -0.2) is 0 Å². The van der Waals surface area contributed by atoms with E-state index in [0.717, 1.165) is 25.9 Å². The van der Waals surface area contributed by atoms with Gasteiger partial charge in [0.25, 0.3) is 0 Å². The van der Waals surface area contributed by atoms with Crippen LogP contribution in [0.1, 0.15) is 26.2 Å². The van der Waals surface area contributed by atoms with Crippen molar-refractivity contribution in [3.8, 4) is 5.75 Å². The van der Waals surface area contributed by atoms with Crippen LogP contribution in [-0.2, 0) is 9.59 Å². The molecule has 2 amide bonds. The topological polar surface area (TPSA) is 79.5 Å². The van der Waals surface area contributed by atoms with Gasteiger partial charge in [-0.1, -0.05) is 0 Å². The number of carbonyl (C=O) groups is 2. The first-order chi connectivity index (χ1) is 10.6. The lowest BCUT2D eigenvalue weighted by Crippen LogP contribution is -2.17. The van der Waals surface area contributed by atoms with Gasteiger partial charge in [-0.2, -0.15) is 0 Å². The van der Waals surface area contributed by atoms with E-state index in [1.165, 1.54) is 6.92 Å². The highest BCUT2D eigenvalue weighted by Gasteiger charge is 2.16. The summed E-state index contributed by atoms with van der Waals surface area (Å²) in [7, 11) is 1.56. The quantitative estimate of drug-likeness (QED) is 0.742. The molecule has 1 saturated heterocycles. The number of carbonyl (C=O) groups excluding carboxylic acids is 2. The van der Waals surface area contributed by atoms with Gasteiger partial charge in [0.15, 0.2) is 0 Å². The molecule has 1 atom stereocenters. The van der Waals surface area contributed by atoms with Crippen LogP contribution in [0.3, 0.4) is 0 Å². The molecular weight excluding hydrogens is 318 g/mol.